The van der Waals surface area contributed by atoms with Crippen LogP contribution in [0.4, 0.5) is 0 Å². The van der Waals surface area contributed by atoms with Gasteiger partial charge in [0.1, 0.15) is 24.4 Å². The molecule has 2 aliphatic rings. The van der Waals surface area contributed by atoms with Gasteiger partial charge < -0.3 is 28.8 Å². The maximum absolute atomic E-state index is 13.2. The highest BCUT2D eigenvalue weighted by Gasteiger charge is 2.52. The first-order valence-corrected chi connectivity index (χ1v) is 13.9. The third-order valence-electron chi connectivity index (χ3n) is 6.95. The van der Waals surface area contributed by atoms with E-state index in [-0.39, 0.29) is 19.1 Å². The zero-order valence-corrected chi connectivity index (χ0v) is 22.9. The molecule has 6 atom stereocenters. The number of hydrogen-bond donors (Lipinski definition) is 1. The van der Waals surface area contributed by atoms with Gasteiger partial charge in [0.2, 0.25) is 0 Å². The molecule has 1 aromatic rings. The molecule has 0 amide bonds. The Hall–Kier alpha value is -2.20. The molecule has 0 saturated carbocycles. The lowest BCUT2D eigenvalue weighted by atomic mass is 9.95. The van der Waals surface area contributed by atoms with Crippen molar-refractivity contribution in [2.75, 3.05) is 6.61 Å². The molecule has 10 nitrogen and oxygen atoms in total. The largest absolute Gasteiger partial charge is 0.459 e. The molecule has 2 aliphatic heterocycles. The first kappa shape index (κ1) is 30.3. The number of fused-ring (bicyclic) bond motifs is 1. The highest BCUT2D eigenvalue weighted by Crippen LogP contribution is 2.35. The van der Waals surface area contributed by atoms with Gasteiger partial charge in [-0.15, -0.1) is 0 Å². The van der Waals surface area contributed by atoms with Crippen molar-refractivity contribution in [2.24, 2.45) is 5.11 Å². The number of unbranched alkanes of at least 4 members (excludes halogenated alkanes) is 6. The van der Waals surface area contributed by atoms with E-state index < -0.39 is 42.4 Å². The molecular formula is C28H43N3O7. The van der Waals surface area contributed by atoms with Gasteiger partial charge in [0.25, 0.3) is 0 Å². The van der Waals surface area contributed by atoms with Crippen LogP contribution >= 0.6 is 0 Å². The maximum Gasteiger partial charge on any atom is 0.308 e. The molecule has 0 aliphatic carbocycles. The van der Waals surface area contributed by atoms with Crippen LogP contribution in [0.5, 0.6) is 0 Å². The Kier molecular flexibility index (Phi) is 12.3. The van der Waals surface area contributed by atoms with Crippen LogP contribution in [0.3, 0.4) is 0 Å². The first-order chi connectivity index (χ1) is 18.3. The number of carbonyl (C=O) groups is 1. The third kappa shape index (κ3) is 9.52. The van der Waals surface area contributed by atoms with Gasteiger partial charge in [-0.2, -0.15) is 0 Å². The number of aliphatic hydroxyl groups is 1. The molecule has 1 aromatic carbocycles. The van der Waals surface area contributed by atoms with Gasteiger partial charge >= 0.3 is 5.97 Å². The standard InChI is InChI=1S/C28H43N3O7/c1-4-5-6-7-8-9-13-16-21(34-18-20-14-11-10-12-15-20)17-23(32)37-26-24(30-31-29)27(33)36-22-19-35-28(2,3)38-25(22)26/h10-12,14-15,21-22,24-27,33H,4-9,13,16-19H2,1-3H3/t21-,22-,24-,25-,26-,27-/m1/s1. The molecular weight excluding hydrogens is 490 g/mol. The summed E-state index contributed by atoms with van der Waals surface area (Å²) in [5, 5.41) is 14.1. The molecule has 0 bridgehead atoms. The lowest BCUT2D eigenvalue weighted by Crippen LogP contribution is -2.64. The van der Waals surface area contributed by atoms with Gasteiger partial charge in [-0.25, -0.2) is 0 Å². The summed E-state index contributed by atoms with van der Waals surface area (Å²) in [4.78, 5) is 16.0. The molecule has 38 heavy (non-hydrogen) atoms. The minimum Gasteiger partial charge on any atom is -0.459 e. The average Bonchev–Trinajstić information content (AvgIpc) is 2.89. The molecule has 0 radical (unpaired) electrons. The van der Waals surface area contributed by atoms with Crippen molar-refractivity contribution < 1.29 is 33.6 Å². The fourth-order valence-corrected chi connectivity index (χ4v) is 4.89. The van der Waals surface area contributed by atoms with Crippen LogP contribution in [0, 0.1) is 0 Å². The number of ether oxygens (including phenoxy) is 5. The van der Waals surface area contributed by atoms with Crippen LogP contribution < -0.4 is 0 Å². The lowest BCUT2D eigenvalue weighted by molar-refractivity contribution is -0.363. The molecule has 0 unspecified atom stereocenters. The fraction of sp³-hybridized carbons (Fsp3) is 0.750. The summed E-state index contributed by atoms with van der Waals surface area (Å²) in [7, 11) is 0. The quantitative estimate of drug-likeness (QED) is 0.103. The van der Waals surface area contributed by atoms with E-state index in [1.807, 2.05) is 30.3 Å². The number of aliphatic hydroxyl groups excluding tert-OH is 1. The Morgan fingerprint density at radius 2 is 1.89 bits per heavy atom. The molecule has 1 N–H and O–H groups in total. The van der Waals surface area contributed by atoms with Gasteiger partial charge in [0, 0.05) is 4.91 Å². The summed E-state index contributed by atoms with van der Waals surface area (Å²) in [6.45, 7) is 6.23. The van der Waals surface area contributed by atoms with Crippen molar-refractivity contribution in [2.45, 2.75) is 128 Å². The van der Waals surface area contributed by atoms with Gasteiger partial charge in [0.05, 0.1) is 25.7 Å². The van der Waals surface area contributed by atoms with E-state index in [2.05, 4.69) is 16.9 Å². The summed E-state index contributed by atoms with van der Waals surface area (Å²) in [5.74, 6) is -1.45. The molecule has 2 fully saturated rings. The van der Waals surface area contributed by atoms with E-state index in [1.54, 1.807) is 13.8 Å². The normalized spacial score (nSPS) is 27.1. The summed E-state index contributed by atoms with van der Waals surface area (Å²) in [6, 6.07) is 8.69. The fourth-order valence-electron chi connectivity index (χ4n) is 4.89. The zero-order valence-electron chi connectivity index (χ0n) is 22.9. The second-order valence-electron chi connectivity index (χ2n) is 10.5. The van der Waals surface area contributed by atoms with Crippen LogP contribution in [0.25, 0.3) is 10.4 Å². The van der Waals surface area contributed by atoms with Crippen LogP contribution in [0.1, 0.15) is 84.1 Å². The number of nitrogens with zero attached hydrogens (tertiary/aromatic N) is 3. The Morgan fingerprint density at radius 1 is 1.18 bits per heavy atom. The van der Waals surface area contributed by atoms with Crippen molar-refractivity contribution >= 4 is 5.97 Å². The second-order valence-corrected chi connectivity index (χ2v) is 10.5. The third-order valence-corrected chi connectivity index (χ3v) is 6.95. The van der Waals surface area contributed by atoms with Crippen LogP contribution in [-0.4, -0.2) is 60.2 Å². The van der Waals surface area contributed by atoms with Gasteiger partial charge in [-0.1, -0.05) is 87.3 Å². The highest BCUT2D eigenvalue weighted by atomic mass is 16.7. The summed E-state index contributed by atoms with van der Waals surface area (Å²) >= 11 is 0. The van der Waals surface area contributed by atoms with Gasteiger partial charge in [-0.05, 0) is 31.4 Å². The van der Waals surface area contributed by atoms with Crippen LogP contribution in [0.2, 0.25) is 0 Å². The maximum atomic E-state index is 13.2. The van der Waals surface area contributed by atoms with Crippen molar-refractivity contribution in [1.82, 2.24) is 0 Å². The summed E-state index contributed by atoms with van der Waals surface area (Å²) in [6.07, 6.45) is 4.72. The van der Waals surface area contributed by atoms with E-state index in [1.165, 1.54) is 32.1 Å². The smallest absolute Gasteiger partial charge is 0.308 e. The topological polar surface area (TPSA) is 132 Å². The Balaban J connectivity index is 1.63. The number of benzene rings is 1. The monoisotopic (exact) mass is 533 g/mol. The molecule has 0 aromatic heterocycles. The Labute approximate surface area is 225 Å². The Morgan fingerprint density at radius 3 is 2.61 bits per heavy atom. The SMILES string of the molecule is CCCCCCCCC[C@H](CC(=O)O[C@@H]1[C@@H](N=[N+]=[N-])[C@H](O)O[C@@H]2COC(C)(C)O[C@@H]12)OCc1ccccc1. The lowest BCUT2D eigenvalue weighted by Gasteiger charge is -2.48. The molecule has 10 heteroatoms. The predicted octanol–water partition coefficient (Wildman–Crippen LogP) is 5.56. The number of esters is 1. The molecule has 2 heterocycles. The summed E-state index contributed by atoms with van der Waals surface area (Å²) < 4.78 is 29.2. The van der Waals surface area contributed by atoms with Crippen molar-refractivity contribution in [3.05, 3.63) is 46.3 Å². The minimum absolute atomic E-state index is 0.0381. The molecule has 0 spiro atoms. The number of hydrogen-bond acceptors (Lipinski definition) is 8. The predicted molar refractivity (Wildman–Crippen MR) is 141 cm³/mol. The Bertz CT molecular complexity index is 894. The molecule has 212 valence electrons. The van der Waals surface area contributed by atoms with Gasteiger partial charge in [-0.3, -0.25) is 4.79 Å². The van der Waals surface area contributed by atoms with Crippen molar-refractivity contribution in [1.29, 1.82) is 0 Å². The number of carbonyl (C=O) groups excluding carboxylic acids is 1. The van der Waals surface area contributed by atoms with Crippen molar-refractivity contribution in [3.8, 4) is 0 Å². The van der Waals surface area contributed by atoms with E-state index in [4.69, 9.17) is 29.2 Å². The second kappa shape index (κ2) is 15.4. The highest BCUT2D eigenvalue weighted by molar-refractivity contribution is 5.70. The zero-order chi connectivity index (χ0) is 27.4. The average molecular weight is 534 g/mol. The number of rotatable bonds is 15. The van der Waals surface area contributed by atoms with E-state index >= 15 is 0 Å². The van der Waals surface area contributed by atoms with Crippen LogP contribution in [0.15, 0.2) is 35.4 Å². The van der Waals surface area contributed by atoms with Crippen LogP contribution in [-0.2, 0) is 35.1 Å². The van der Waals surface area contributed by atoms with E-state index in [0.29, 0.717) is 6.61 Å². The summed E-state index contributed by atoms with van der Waals surface area (Å²) in [5.41, 5.74) is 10.1. The van der Waals surface area contributed by atoms with E-state index in [0.717, 1.165) is 24.8 Å². The number of azide groups is 1. The van der Waals surface area contributed by atoms with Crippen molar-refractivity contribution in [3.63, 3.8) is 0 Å². The first-order valence-electron chi connectivity index (χ1n) is 13.9. The minimum atomic E-state index is -1.45. The molecule has 2 saturated heterocycles. The molecule has 3 rings (SSSR count). The van der Waals surface area contributed by atoms with E-state index in [9.17, 15) is 9.90 Å². The van der Waals surface area contributed by atoms with Gasteiger partial charge in [0.15, 0.2) is 12.1 Å².